The van der Waals surface area contributed by atoms with E-state index in [1.54, 1.807) is 6.07 Å². The molecular formula is C18H16FN5. The minimum atomic E-state index is -0.559. The highest BCUT2D eigenvalue weighted by molar-refractivity contribution is 5.57. The minimum Gasteiger partial charge on any atom is -0.321 e. The molecule has 120 valence electrons. The molecule has 0 saturated carbocycles. The number of nitriles is 1. The van der Waals surface area contributed by atoms with E-state index < -0.39 is 5.82 Å². The van der Waals surface area contributed by atoms with Crippen LogP contribution in [-0.4, -0.2) is 15.2 Å². The molecule has 1 aromatic heterocycles. The van der Waals surface area contributed by atoms with Crippen LogP contribution in [0.2, 0.25) is 0 Å². The topological polar surface area (TPSA) is 91.4 Å². The molecule has 1 atom stereocenters. The van der Waals surface area contributed by atoms with Crippen molar-refractivity contribution in [2.45, 2.75) is 18.9 Å². The number of rotatable bonds is 5. The van der Waals surface area contributed by atoms with Crippen molar-refractivity contribution in [1.82, 2.24) is 15.2 Å². The molecule has 24 heavy (non-hydrogen) atoms. The zero-order valence-corrected chi connectivity index (χ0v) is 12.9. The van der Waals surface area contributed by atoms with Gasteiger partial charge in [-0.2, -0.15) is 10.4 Å². The summed E-state index contributed by atoms with van der Waals surface area (Å²) >= 11 is 0. The Bertz CT molecular complexity index is 867. The third kappa shape index (κ3) is 3.47. The van der Waals surface area contributed by atoms with Crippen molar-refractivity contribution in [2.75, 3.05) is 0 Å². The van der Waals surface area contributed by atoms with Gasteiger partial charge in [0.05, 0.1) is 11.6 Å². The summed E-state index contributed by atoms with van der Waals surface area (Å²) in [7, 11) is 0. The van der Waals surface area contributed by atoms with Gasteiger partial charge in [0.25, 0.3) is 0 Å². The van der Waals surface area contributed by atoms with Crippen LogP contribution in [0.15, 0.2) is 48.5 Å². The number of hydrogen-bond donors (Lipinski definition) is 2. The van der Waals surface area contributed by atoms with Crippen LogP contribution in [0.5, 0.6) is 0 Å². The Labute approximate surface area is 139 Å². The molecule has 0 amide bonds. The molecule has 0 saturated heterocycles. The number of nitrogens with two attached hydrogens (primary N) is 1. The van der Waals surface area contributed by atoms with Crippen LogP contribution in [-0.2, 0) is 6.42 Å². The van der Waals surface area contributed by atoms with Gasteiger partial charge in [0.2, 0.25) is 0 Å². The summed E-state index contributed by atoms with van der Waals surface area (Å²) in [6, 6.07) is 15.8. The molecule has 0 aliphatic heterocycles. The van der Waals surface area contributed by atoms with Gasteiger partial charge in [0.15, 0.2) is 5.82 Å². The predicted molar refractivity (Wildman–Crippen MR) is 88.2 cm³/mol. The summed E-state index contributed by atoms with van der Waals surface area (Å²) in [5, 5.41) is 15.9. The fourth-order valence-electron chi connectivity index (χ4n) is 2.42. The van der Waals surface area contributed by atoms with Crippen LogP contribution in [0, 0.1) is 17.1 Å². The molecule has 5 nitrogen and oxygen atoms in total. The van der Waals surface area contributed by atoms with Crippen LogP contribution in [0.25, 0.3) is 11.4 Å². The van der Waals surface area contributed by atoms with Gasteiger partial charge in [-0.05, 0) is 36.6 Å². The Hall–Kier alpha value is -3.04. The second-order valence-corrected chi connectivity index (χ2v) is 5.48. The molecule has 0 aliphatic rings. The Kier molecular flexibility index (Phi) is 4.64. The monoisotopic (exact) mass is 321 g/mol. The Morgan fingerprint density at radius 1 is 1.21 bits per heavy atom. The highest BCUT2D eigenvalue weighted by atomic mass is 19.1. The number of nitrogens with one attached hydrogen (secondary N) is 1. The van der Waals surface area contributed by atoms with Gasteiger partial charge in [0.1, 0.15) is 17.7 Å². The largest absolute Gasteiger partial charge is 0.321 e. The number of halogens is 1. The van der Waals surface area contributed by atoms with Crippen molar-refractivity contribution in [1.29, 1.82) is 5.26 Å². The molecule has 0 unspecified atom stereocenters. The predicted octanol–water partition coefficient (Wildman–Crippen LogP) is 3.12. The summed E-state index contributed by atoms with van der Waals surface area (Å²) < 4.78 is 13.4. The lowest BCUT2D eigenvalue weighted by Gasteiger charge is -2.07. The highest BCUT2D eigenvalue weighted by Gasteiger charge is 2.14. The third-order valence-electron chi connectivity index (χ3n) is 3.79. The van der Waals surface area contributed by atoms with Crippen LogP contribution in [0.1, 0.15) is 29.4 Å². The molecule has 0 spiro atoms. The number of aromatic nitrogens is 3. The van der Waals surface area contributed by atoms with E-state index in [0.717, 1.165) is 12.8 Å². The molecule has 0 fully saturated rings. The molecule has 3 rings (SSSR count). The number of H-pyrrole nitrogens is 1. The molecule has 0 bridgehead atoms. The van der Waals surface area contributed by atoms with Gasteiger partial charge >= 0.3 is 0 Å². The second-order valence-electron chi connectivity index (χ2n) is 5.48. The molecule has 6 heteroatoms. The van der Waals surface area contributed by atoms with Crippen molar-refractivity contribution < 1.29 is 4.39 Å². The number of aryl methyl sites for hydroxylation is 1. The van der Waals surface area contributed by atoms with Crippen LogP contribution < -0.4 is 5.73 Å². The Balaban J connectivity index is 1.72. The molecule has 0 radical (unpaired) electrons. The van der Waals surface area contributed by atoms with E-state index in [1.165, 1.54) is 17.7 Å². The van der Waals surface area contributed by atoms with Crippen LogP contribution in [0.4, 0.5) is 4.39 Å². The fourth-order valence-corrected chi connectivity index (χ4v) is 2.42. The SMILES string of the molecule is N#Cc1cc(-c2n[nH]c([C@H](N)CCc3ccccc3)n2)ccc1F. The molecule has 3 aromatic rings. The van der Waals surface area contributed by atoms with Gasteiger partial charge in [-0.1, -0.05) is 30.3 Å². The Morgan fingerprint density at radius 3 is 2.75 bits per heavy atom. The first-order chi connectivity index (χ1) is 11.7. The smallest absolute Gasteiger partial charge is 0.181 e. The summed E-state index contributed by atoms with van der Waals surface area (Å²) in [6.45, 7) is 0. The van der Waals surface area contributed by atoms with Crippen molar-refractivity contribution in [2.24, 2.45) is 5.73 Å². The number of benzene rings is 2. The molecule has 1 heterocycles. The van der Waals surface area contributed by atoms with E-state index >= 15 is 0 Å². The molecular weight excluding hydrogens is 305 g/mol. The molecule has 0 aliphatic carbocycles. The lowest BCUT2D eigenvalue weighted by atomic mass is 10.1. The van der Waals surface area contributed by atoms with E-state index in [4.69, 9.17) is 11.0 Å². The summed E-state index contributed by atoms with van der Waals surface area (Å²) in [5.41, 5.74) is 7.92. The maximum Gasteiger partial charge on any atom is 0.181 e. The van der Waals surface area contributed by atoms with E-state index in [0.29, 0.717) is 17.2 Å². The van der Waals surface area contributed by atoms with Crippen molar-refractivity contribution in [3.8, 4) is 17.5 Å². The van der Waals surface area contributed by atoms with Crippen LogP contribution in [0.3, 0.4) is 0 Å². The number of aromatic amines is 1. The second kappa shape index (κ2) is 7.02. The maximum absolute atomic E-state index is 13.4. The lowest BCUT2D eigenvalue weighted by molar-refractivity contribution is 0.615. The highest BCUT2D eigenvalue weighted by Crippen LogP contribution is 2.20. The fraction of sp³-hybridized carbons (Fsp3) is 0.167. The van der Waals surface area contributed by atoms with E-state index in [1.807, 2.05) is 24.3 Å². The summed E-state index contributed by atoms with van der Waals surface area (Å²) in [6.07, 6.45) is 1.57. The van der Waals surface area contributed by atoms with Gasteiger partial charge in [0, 0.05) is 5.56 Å². The standard InChI is InChI=1S/C18H16FN5/c19-15-8-7-13(10-14(15)11-20)17-22-18(24-23-17)16(21)9-6-12-4-2-1-3-5-12/h1-5,7-8,10,16H,6,9,21H2,(H,22,23,24)/t16-/m1/s1. The van der Waals surface area contributed by atoms with E-state index in [-0.39, 0.29) is 11.6 Å². The molecule has 2 aromatic carbocycles. The van der Waals surface area contributed by atoms with E-state index in [2.05, 4.69) is 27.3 Å². The number of nitrogens with zero attached hydrogens (tertiary/aromatic N) is 3. The normalized spacial score (nSPS) is 11.9. The first-order valence-corrected chi connectivity index (χ1v) is 7.59. The quantitative estimate of drug-likeness (QED) is 0.755. The maximum atomic E-state index is 13.4. The first kappa shape index (κ1) is 15.8. The van der Waals surface area contributed by atoms with Crippen molar-refractivity contribution in [3.63, 3.8) is 0 Å². The Morgan fingerprint density at radius 2 is 2.00 bits per heavy atom. The van der Waals surface area contributed by atoms with Crippen molar-refractivity contribution >= 4 is 0 Å². The lowest BCUT2D eigenvalue weighted by Crippen LogP contribution is -2.13. The zero-order valence-electron chi connectivity index (χ0n) is 12.9. The third-order valence-corrected chi connectivity index (χ3v) is 3.79. The summed E-state index contributed by atoms with van der Waals surface area (Å²) in [4.78, 5) is 4.37. The van der Waals surface area contributed by atoms with Gasteiger partial charge in [-0.25, -0.2) is 9.37 Å². The minimum absolute atomic E-state index is 0.0350. The average Bonchev–Trinajstić information content (AvgIpc) is 3.11. The van der Waals surface area contributed by atoms with E-state index in [9.17, 15) is 4.39 Å². The number of hydrogen-bond acceptors (Lipinski definition) is 4. The zero-order chi connectivity index (χ0) is 16.9. The van der Waals surface area contributed by atoms with Gasteiger partial charge in [-0.15, -0.1) is 0 Å². The van der Waals surface area contributed by atoms with Gasteiger partial charge in [-0.3, -0.25) is 5.10 Å². The first-order valence-electron chi connectivity index (χ1n) is 7.59. The average molecular weight is 321 g/mol. The van der Waals surface area contributed by atoms with Crippen molar-refractivity contribution in [3.05, 3.63) is 71.3 Å². The summed E-state index contributed by atoms with van der Waals surface area (Å²) in [5.74, 6) is 0.414. The molecule has 3 N–H and O–H groups in total. The van der Waals surface area contributed by atoms with Crippen LogP contribution >= 0.6 is 0 Å². The van der Waals surface area contributed by atoms with Gasteiger partial charge < -0.3 is 5.73 Å².